The van der Waals surface area contributed by atoms with E-state index in [0.717, 1.165) is 0 Å². The number of amides is 1. The predicted octanol–water partition coefficient (Wildman–Crippen LogP) is -0.675. The molecule has 4 N–H and O–H groups in total. The van der Waals surface area contributed by atoms with Gasteiger partial charge in [0.15, 0.2) is 5.65 Å². The van der Waals surface area contributed by atoms with Crippen LogP contribution in [0.15, 0.2) is 35.6 Å². The van der Waals surface area contributed by atoms with Crippen molar-refractivity contribution in [2.75, 3.05) is 5.73 Å². The van der Waals surface area contributed by atoms with Crippen molar-refractivity contribution in [2.24, 2.45) is 0 Å². The maximum atomic E-state index is 12.1. The number of nitrogen functional groups attached to an aromatic ring is 1. The molecule has 0 bridgehead atoms. The molecule has 0 aliphatic carbocycles. The Morgan fingerprint density at radius 2 is 2.29 bits per heavy atom. The van der Waals surface area contributed by atoms with Crippen LogP contribution >= 0.6 is 0 Å². The van der Waals surface area contributed by atoms with E-state index in [0.29, 0.717) is 22.6 Å². The molecule has 3 aromatic rings. The molecule has 9 nitrogen and oxygen atoms in total. The molecule has 0 saturated carbocycles. The Balaban J connectivity index is 1.79. The average Bonchev–Trinajstić information content (AvgIpc) is 2.87. The van der Waals surface area contributed by atoms with Crippen LogP contribution in [0.25, 0.3) is 5.65 Å². The highest BCUT2D eigenvalue weighted by Gasteiger charge is 2.09. The first kappa shape index (κ1) is 12.8. The van der Waals surface area contributed by atoms with E-state index in [1.807, 2.05) is 0 Å². The summed E-state index contributed by atoms with van der Waals surface area (Å²) in [5, 5.41) is 8.77. The van der Waals surface area contributed by atoms with Crippen molar-refractivity contribution in [3.8, 4) is 0 Å². The number of rotatable bonds is 3. The van der Waals surface area contributed by atoms with Crippen molar-refractivity contribution in [1.82, 2.24) is 29.9 Å². The van der Waals surface area contributed by atoms with Crippen LogP contribution in [0.4, 0.5) is 5.82 Å². The molecule has 0 fully saturated rings. The molecule has 0 saturated heterocycles. The molecule has 106 valence electrons. The fourth-order valence-corrected chi connectivity index (χ4v) is 1.82. The van der Waals surface area contributed by atoms with Crippen LogP contribution in [0.5, 0.6) is 0 Å². The van der Waals surface area contributed by atoms with Gasteiger partial charge in [0, 0.05) is 24.5 Å². The minimum absolute atomic E-state index is 0.198. The van der Waals surface area contributed by atoms with Crippen molar-refractivity contribution in [2.45, 2.75) is 6.54 Å². The van der Waals surface area contributed by atoms with Crippen molar-refractivity contribution in [3.05, 3.63) is 52.5 Å². The lowest BCUT2D eigenvalue weighted by atomic mass is 10.2. The van der Waals surface area contributed by atoms with Gasteiger partial charge in [-0.1, -0.05) is 0 Å². The molecule has 0 aliphatic heterocycles. The first-order valence-corrected chi connectivity index (χ1v) is 6.04. The van der Waals surface area contributed by atoms with Gasteiger partial charge >= 0.3 is 5.69 Å². The number of carbonyl (C=O) groups is 1. The van der Waals surface area contributed by atoms with Gasteiger partial charge in [-0.15, -0.1) is 0 Å². The number of pyridine rings is 1. The van der Waals surface area contributed by atoms with Gasteiger partial charge in [0.25, 0.3) is 5.91 Å². The third kappa shape index (κ3) is 2.43. The highest BCUT2D eigenvalue weighted by molar-refractivity contribution is 5.94. The van der Waals surface area contributed by atoms with Gasteiger partial charge in [-0.2, -0.15) is 5.10 Å². The van der Waals surface area contributed by atoms with Crippen molar-refractivity contribution in [3.63, 3.8) is 0 Å². The number of hydrogen-bond acceptors (Lipinski definition) is 6. The van der Waals surface area contributed by atoms with E-state index in [9.17, 15) is 9.59 Å². The number of nitrogens with two attached hydrogens (primary N) is 1. The van der Waals surface area contributed by atoms with Crippen LogP contribution in [-0.4, -0.2) is 30.5 Å². The van der Waals surface area contributed by atoms with Crippen molar-refractivity contribution < 1.29 is 4.79 Å². The lowest BCUT2D eigenvalue weighted by Crippen LogP contribution is -2.24. The molecule has 3 heterocycles. The second-order valence-corrected chi connectivity index (χ2v) is 4.29. The molecule has 0 radical (unpaired) electrons. The Hall–Kier alpha value is -3.23. The number of hydrogen-bond donors (Lipinski definition) is 3. The smallest absolute Gasteiger partial charge is 0.347 e. The third-order valence-corrected chi connectivity index (χ3v) is 2.94. The molecule has 0 spiro atoms. The van der Waals surface area contributed by atoms with Crippen LogP contribution in [0.1, 0.15) is 15.9 Å². The van der Waals surface area contributed by atoms with Crippen LogP contribution in [-0.2, 0) is 6.54 Å². The second-order valence-electron chi connectivity index (χ2n) is 4.29. The van der Waals surface area contributed by atoms with Gasteiger partial charge in [0.1, 0.15) is 12.1 Å². The molecular weight excluding hydrogens is 274 g/mol. The zero-order chi connectivity index (χ0) is 14.8. The minimum atomic E-state index is -0.402. The summed E-state index contributed by atoms with van der Waals surface area (Å²) in [4.78, 5) is 31.2. The van der Waals surface area contributed by atoms with Gasteiger partial charge in [0.2, 0.25) is 0 Å². The summed E-state index contributed by atoms with van der Waals surface area (Å²) in [6.45, 7) is 0.198. The maximum Gasteiger partial charge on any atom is 0.347 e. The quantitative estimate of drug-likeness (QED) is 0.584. The Morgan fingerprint density at radius 3 is 3.10 bits per heavy atom. The number of fused-ring (bicyclic) bond motifs is 1. The van der Waals surface area contributed by atoms with Gasteiger partial charge < -0.3 is 11.1 Å². The first-order chi connectivity index (χ1) is 10.1. The number of aromatic nitrogens is 5. The normalized spacial score (nSPS) is 10.7. The molecule has 0 atom stereocenters. The number of nitrogens with zero attached hydrogens (tertiary/aromatic N) is 4. The minimum Gasteiger partial charge on any atom is -0.383 e. The Morgan fingerprint density at radius 1 is 1.43 bits per heavy atom. The van der Waals surface area contributed by atoms with Crippen molar-refractivity contribution in [1.29, 1.82) is 0 Å². The van der Waals surface area contributed by atoms with Crippen LogP contribution in [0.2, 0.25) is 0 Å². The van der Waals surface area contributed by atoms with Gasteiger partial charge in [-0.25, -0.2) is 24.3 Å². The Labute approximate surface area is 117 Å². The summed E-state index contributed by atoms with van der Waals surface area (Å²) in [5.74, 6) is -0.0277. The molecule has 3 aromatic heterocycles. The topological polar surface area (TPSA) is 131 Å². The van der Waals surface area contributed by atoms with E-state index >= 15 is 0 Å². The van der Waals surface area contributed by atoms with E-state index in [-0.39, 0.29) is 12.5 Å². The van der Waals surface area contributed by atoms with Crippen LogP contribution in [0.3, 0.4) is 0 Å². The van der Waals surface area contributed by atoms with Gasteiger partial charge in [-0.05, 0) is 12.1 Å². The fraction of sp³-hybridized carbons (Fsp3) is 0.0833. The highest BCUT2D eigenvalue weighted by Crippen LogP contribution is 2.06. The SMILES string of the molecule is Nc1ncncc1CNC(=O)c1ccc2n[nH]c(=O)n2c1. The predicted molar refractivity (Wildman–Crippen MR) is 73.4 cm³/mol. The molecule has 9 heteroatoms. The van der Waals surface area contributed by atoms with E-state index in [2.05, 4.69) is 25.5 Å². The lowest BCUT2D eigenvalue weighted by Gasteiger charge is -2.06. The summed E-state index contributed by atoms with van der Waals surface area (Å²) < 4.78 is 1.26. The Bertz CT molecular complexity index is 867. The number of aromatic amines is 1. The van der Waals surface area contributed by atoms with E-state index in [4.69, 9.17) is 5.73 Å². The highest BCUT2D eigenvalue weighted by atomic mass is 16.2. The molecular formula is C12H11N7O2. The fourth-order valence-electron chi connectivity index (χ4n) is 1.82. The Kier molecular flexibility index (Phi) is 3.07. The lowest BCUT2D eigenvalue weighted by molar-refractivity contribution is 0.0950. The van der Waals surface area contributed by atoms with Gasteiger partial charge in [0.05, 0.1) is 5.56 Å². The average molecular weight is 285 g/mol. The molecule has 0 aromatic carbocycles. The molecule has 1 amide bonds. The number of anilines is 1. The number of nitrogens with one attached hydrogen (secondary N) is 2. The first-order valence-electron chi connectivity index (χ1n) is 6.04. The molecule has 0 unspecified atom stereocenters. The monoisotopic (exact) mass is 285 g/mol. The maximum absolute atomic E-state index is 12.1. The van der Waals surface area contributed by atoms with Crippen LogP contribution < -0.4 is 16.7 Å². The number of H-pyrrole nitrogens is 1. The zero-order valence-electron chi connectivity index (χ0n) is 10.8. The standard InChI is InChI=1S/C12H11N7O2/c13-10-8(3-14-6-16-10)4-15-11(20)7-1-2-9-17-18-12(21)19(9)5-7/h1-3,5-6H,4H2,(H,15,20)(H,18,21)(H2,13,14,16). The summed E-state index contributed by atoms with van der Waals surface area (Å²) in [5.41, 5.74) is 6.66. The summed E-state index contributed by atoms with van der Waals surface area (Å²) in [7, 11) is 0. The second kappa shape index (κ2) is 5.04. The summed E-state index contributed by atoms with van der Waals surface area (Å²) >= 11 is 0. The molecule has 0 aliphatic rings. The number of carbonyl (C=O) groups excluding carboxylic acids is 1. The van der Waals surface area contributed by atoms with Crippen LogP contribution in [0, 0.1) is 0 Å². The summed E-state index contributed by atoms with van der Waals surface area (Å²) in [6.07, 6.45) is 4.29. The third-order valence-electron chi connectivity index (χ3n) is 2.94. The van der Waals surface area contributed by atoms with E-state index < -0.39 is 5.69 Å². The van der Waals surface area contributed by atoms with E-state index in [1.165, 1.54) is 23.1 Å². The zero-order valence-corrected chi connectivity index (χ0v) is 10.8. The van der Waals surface area contributed by atoms with Crippen molar-refractivity contribution >= 4 is 17.4 Å². The summed E-state index contributed by atoms with van der Waals surface area (Å²) in [6, 6.07) is 3.16. The molecule has 21 heavy (non-hydrogen) atoms. The van der Waals surface area contributed by atoms with Gasteiger partial charge in [-0.3, -0.25) is 4.79 Å². The largest absolute Gasteiger partial charge is 0.383 e. The molecule has 3 rings (SSSR count). The van der Waals surface area contributed by atoms with E-state index in [1.54, 1.807) is 12.1 Å².